The lowest BCUT2D eigenvalue weighted by molar-refractivity contribution is 0.889. The Morgan fingerprint density at radius 2 is 2.25 bits per heavy atom. The van der Waals surface area contributed by atoms with Crippen LogP contribution in [-0.2, 0) is 0 Å². The Morgan fingerprint density at radius 3 is 2.88 bits per heavy atom. The molecule has 4 heteroatoms. The third kappa shape index (κ3) is 2.36. The van der Waals surface area contributed by atoms with Crippen LogP contribution in [0, 0.1) is 0 Å². The van der Waals surface area contributed by atoms with E-state index in [1.807, 2.05) is 24.5 Å². The molecule has 2 aromatic rings. The maximum absolute atomic E-state index is 6.12. The highest BCUT2D eigenvalue weighted by Crippen LogP contribution is 2.28. The molecule has 2 rings (SSSR count). The zero-order valence-corrected chi connectivity index (χ0v) is 10.0. The molecule has 2 N–H and O–H groups in total. The predicted octanol–water partition coefficient (Wildman–Crippen LogP) is 3.55. The van der Waals surface area contributed by atoms with Crippen LogP contribution in [0.25, 0.3) is 11.1 Å². The smallest absolute Gasteiger partial charge is 0.126 e. The normalized spacial score (nSPS) is 10.8. The highest BCUT2D eigenvalue weighted by Gasteiger charge is 2.06. The second kappa shape index (κ2) is 4.58. The van der Waals surface area contributed by atoms with E-state index in [0.717, 1.165) is 16.9 Å². The first-order valence-electron chi connectivity index (χ1n) is 5.22. The fourth-order valence-corrected chi connectivity index (χ4v) is 1.74. The topological polar surface area (TPSA) is 40.7 Å². The number of halogens is 1. The van der Waals surface area contributed by atoms with Crippen molar-refractivity contribution in [1.82, 2.24) is 9.97 Å². The molecule has 0 unspecified atom stereocenters. The molecule has 2 aromatic heterocycles. The minimum absolute atomic E-state index is 0.354. The molecule has 0 saturated carbocycles. The second-order valence-electron chi connectivity index (χ2n) is 3.95. The fourth-order valence-electron chi connectivity index (χ4n) is 1.53. The number of pyridine rings is 1. The molecule has 3 nitrogen and oxygen atoms in total. The van der Waals surface area contributed by atoms with Gasteiger partial charge in [0.1, 0.15) is 5.82 Å². The number of aromatic nitrogens is 2. The Kier molecular flexibility index (Phi) is 3.15. The number of nitrogens with one attached hydrogen (secondary N) is 2. The van der Waals surface area contributed by atoms with Crippen molar-refractivity contribution in [3.8, 4) is 11.1 Å². The van der Waals surface area contributed by atoms with E-state index in [4.69, 9.17) is 11.6 Å². The van der Waals surface area contributed by atoms with Crippen LogP contribution in [-0.4, -0.2) is 16.0 Å². The number of anilines is 1. The Labute approximate surface area is 99.9 Å². The molecule has 84 valence electrons. The highest BCUT2D eigenvalue weighted by atomic mass is 35.5. The summed E-state index contributed by atoms with van der Waals surface area (Å²) in [4.78, 5) is 7.25. The van der Waals surface area contributed by atoms with E-state index in [9.17, 15) is 0 Å². The molecular weight excluding hydrogens is 222 g/mol. The lowest BCUT2D eigenvalue weighted by atomic mass is 10.1. The Bertz CT molecular complexity index is 463. The van der Waals surface area contributed by atoms with Crippen molar-refractivity contribution in [2.45, 2.75) is 19.9 Å². The van der Waals surface area contributed by atoms with Crippen molar-refractivity contribution >= 4 is 17.4 Å². The first-order chi connectivity index (χ1) is 7.66. The molecule has 0 aliphatic rings. The largest absolute Gasteiger partial charge is 0.368 e. The van der Waals surface area contributed by atoms with Gasteiger partial charge in [0.2, 0.25) is 0 Å². The number of aromatic amines is 1. The molecule has 0 amide bonds. The Morgan fingerprint density at radius 1 is 1.44 bits per heavy atom. The van der Waals surface area contributed by atoms with Gasteiger partial charge in [0.15, 0.2) is 0 Å². The summed E-state index contributed by atoms with van der Waals surface area (Å²) in [5.74, 6) is 0.843. The molecule has 2 heterocycles. The maximum Gasteiger partial charge on any atom is 0.126 e. The van der Waals surface area contributed by atoms with Gasteiger partial charge in [-0.05, 0) is 26.0 Å². The molecule has 0 atom stereocenters. The van der Waals surface area contributed by atoms with Crippen LogP contribution in [0.5, 0.6) is 0 Å². The van der Waals surface area contributed by atoms with E-state index < -0.39 is 0 Å². The van der Waals surface area contributed by atoms with Crippen LogP contribution in [0.2, 0.25) is 5.02 Å². The van der Waals surface area contributed by atoms with Crippen molar-refractivity contribution in [3.63, 3.8) is 0 Å². The SMILES string of the molecule is CC(C)Nc1cc(-c2cc[nH]c2)c(Cl)cn1. The molecule has 0 bridgehead atoms. The summed E-state index contributed by atoms with van der Waals surface area (Å²) in [7, 11) is 0. The average molecular weight is 236 g/mol. The minimum atomic E-state index is 0.354. The van der Waals surface area contributed by atoms with E-state index in [1.165, 1.54) is 0 Å². The lowest BCUT2D eigenvalue weighted by Gasteiger charge is -2.10. The van der Waals surface area contributed by atoms with Gasteiger partial charge in [0.05, 0.1) is 5.02 Å². The van der Waals surface area contributed by atoms with Crippen molar-refractivity contribution in [2.75, 3.05) is 5.32 Å². The molecule has 0 aromatic carbocycles. The summed E-state index contributed by atoms with van der Waals surface area (Å²) in [5, 5.41) is 3.92. The van der Waals surface area contributed by atoms with Gasteiger partial charge in [0, 0.05) is 35.8 Å². The Hall–Kier alpha value is -1.48. The number of nitrogens with zero attached hydrogens (tertiary/aromatic N) is 1. The monoisotopic (exact) mass is 235 g/mol. The third-order valence-corrected chi connectivity index (χ3v) is 2.50. The van der Waals surface area contributed by atoms with Crippen LogP contribution in [0.3, 0.4) is 0 Å². The quantitative estimate of drug-likeness (QED) is 0.854. The number of rotatable bonds is 3. The van der Waals surface area contributed by atoms with Crippen LogP contribution in [0.4, 0.5) is 5.82 Å². The van der Waals surface area contributed by atoms with E-state index in [2.05, 4.69) is 29.1 Å². The molecular formula is C12H14ClN3. The standard InChI is InChI=1S/C12H14ClN3/c1-8(2)16-12-5-10(11(13)7-15-12)9-3-4-14-6-9/h3-8,14H,1-2H3,(H,15,16). The van der Waals surface area contributed by atoms with Gasteiger partial charge < -0.3 is 10.3 Å². The lowest BCUT2D eigenvalue weighted by Crippen LogP contribution is -2.10. The van der Waals surface area contributed by atoms with E-state index >= 15 is 0 Å². The van der Waals surface area contributed by atoms with Crippen LogP contribution >= 0.6 is 11.6 Å². The first-order valence-corrected chi connectivity index (χ1v) is 5.60. The highest BCUT2D eigenvalue weighted by molar-refractivity contribution is 6.33. The molecule has 0 radical (unpaired) electrons. The van der Waals surface area contributed by atoms with Crippen molar-refractivity contribution < 1.29 is 0 Å². The van der Waals surface area contributed by atoms with Crippen molar-refractivity contribution in [1.29, 1.82) is 0 Å². The summed E-state index contributed by atoms with van der Waals surface area (Å²) in [6.45, 7) is 4.15. The molecule has 0 aliphatic heterocycles. The summed E-state index contributed by atoms with van der Waals surface area (Å²) < 4.78 is 0. The van der Waals surface area contributed by atoms with E-state index in [0.29, 0.717) is 11.1 Å². The number of hydrogen-bond donors (Lipinski definition) is 2. The van der Waals surface area contributed by atoms with Gasteiger partial charge in [-0.2, -0.15) is 0 Å². The summed E-state index contributed by atoms with van der Waals surface area (Å²) >= 11 is 6.12. The van der Waals surface area contributed by atoms with Gasteiger partial charge in [-0.3, -0.25) is 0 Å². The predicted molar refractivity (Wildman–Crippen MR) is 67.8 cm³/mol. The minimum Gasteiger partial charge on any atom is -0.368 e. The first kappa shape index (κ1) is 11.0. The van der Waals surface area contributed by atoms with Gasteiger partial charge >= 0.3 is 0 Å². The zero-order valence-electron chi connectivity index (χ0n) is 9.29. The molecule has 0 aliphatic carbocycles. The third-order valence-electron chi connectivity index (χ3n) is 2.20. The maximum atomic E-state index is 6.12. The molecule has 0 spiro atoms. The number of H-pyrrole nitrogens is 1. The van der Waals surface area contributed by atoms with Gasteiger partial charge in [-0.1, -0.05) is 11.6 Å². The van der Waals surface area contributed by atoms with Crippen LogP contribution in [0.15, 0.2) is 30.7 Å². The summed E-state index contributed by atoms with van der Waals surface area (Å²) in [6, 6.07) is 4.30. The zero-order chi connectivity index (χ0) is 11.5. The van der Waals surface area contributed by atoms with Gasteiger partial charge in [-0.25, -0.2) is 4.98 Å². The molecule has 16 heavy (non-hydrogen) atoms. The molecule has 0 fully saturated rings. The van der Waals surface area contributed by atoms with Crippen LogP contribution in [0.1, 0.15) is 13.8 Å². The summed E-state index contributed by atoms with van der Waals surface area (Å²) in [5.41, 5.74) is 2.06. The van der Waals surface area contributed by atoms with Gasteiger partial charge in [0.25, 0.3) is 0 Å². The second-order valence-corrected chi connectivity index (χ2v) is 4.36. The van der Waals surface area contributed by atoms with E-state index in [-0.39, 0.29) is 0 Å². The van der Waals surface area contributed by atoms with Crippen molar-refractivity contribution in [2.24, 2.45) is 0 Å². The molecule has 0 saturated heterocycles. The van der Waals surface area contributed by atoms with Gasteiger partial charge in [-0.15, -0.1) is 0 Å². The van der Waals surface area contributed by atoms with Crippen molar-refractivity contribution in [3.05, 3.63) is 35.7 Å². The Balaban J connectivity index is 2.37. The number of hydrogen-bond acceptors (Lipinski definition) is 2. The van der Waals surface area contributed by atoms with E-state index in [1.54, 1.807) is 6.20 Å². The average Bonchev–Trinajstić information content (AvgIpc) is 2.73. The van der Waals surface area contributed by atoms with Crippen LogP contribution < -0.4 is 5.32 Å². The summed E-state index contributed by atoms with van der Waals surface area (Å²) in [6.07, 6.45) is 5.47. The fraction of sp³-hybridized carbons (Fsp3) is 0.250.